The number of carbonyl (C=O) groups is 1. The molecule has 0 spiro atoms. The van der Waals surface area contributed by atoms with E-state index in [1.54, 1.807) is 7.05 Å². The standard InChI is InChI=1S/C9H12NOP/c1-10-9(11)8-4-2-7(6-12)3-5-8/h2-5H,6,12H2,1H3,(H,10,11). The molecule has 0 aromatic heterocycles. The van der Waals surface area contributed by atoms with E-state index in [1.165, 1.54) is 5.56 Å². The molecule has 1 aromatic rings. The lowest BCUT2D eigenvalue weighted by molar-refractivity contribution is 0.0963. The molecule has 0 saturated carbocycles. The van der Waals surface area contributed by atoms with Crippen LogP contribution in [0.25, 0.3) is 0 Å². The fourth-order valence-electron chi connectivity index (χ4n) is 0.937. The minimum absolute atomic E-state index is 0.0368. The second kappa shape index (κ2) is 4.22. The highest BCUT2D eigenvalue weighted by Gasteiger charge is 2.00. The Morgan fingerprint density at radius 1 is 1.42 bits per heavy atom. The minimum atomic E-state index is -0.0368. The fraction of sp³-hybridized carbons (Fsp3) is 0.222. The lowest BCUT2D eigenvalue weighted by atomic mass is 10.1. The maximum Gasteiger partial charge on any atom is 0.251 e. The Balaban J connectivity index is 2.84. The molecule has 0 fully saturated rings. The molecule has 1 amide bonds. The number of benzene rings is 1. The summed E-state index contributed by atoms with van der Waals surface area (Å²) in [6.45, 7) is 0. The molecule has 2 nitrogen and oxygen atoms in total. The van der Waals surface area contributed by atoms with Gasteiger partial charge in [-0.25, -0.2) is 0 Å². The molecule has 3 heteroatoms. The number of hydrogen-bond acceptors (Lipinski definition) is 1. The van der Waals surface area contributed by atoms with Gasteiger partial charge < -0.3 is 5.32 Å². The maximum absolute atomic E-state index is 11.1. The predicted octanol–water partition coefficient (Wildman–Crippen LogP) is 1.42. The molecule has 1 N–H and O–H groups in total. The first-order valence-electron chi connectivity index (χ1n) is 3.79. The van der Waals surface area contributed by atoms with Crippen molar-refractivity contribution in [2.75, 3.05) is 7.05 Å². The molecule has 1 aromatic carbocycles. The molecule has 1 atom stereocenters. The molecule has 0 aliphatic carbocycles. The van der Waals surface area contributed by atoms with E-state index in [1.807, 2.05) is 24.3 Å². The van der Waals surface area contributed by atoms with Crippen molar-refractivity contribution in [2.24, 2.45) is 0 Å². The molecule has 0 saturated heterocycles. The van der Waals surface area contributed by atoms with Crippen LogP contribution in [-0.2, 0) is 6.16 Å². The Kier molecular flexibility index (Phi) is 3.24. The summed E-state index contributed by atoms with van der Waals surface area (Å²) in [5, 5.41) is 2.57. The van der Waals surface area contributed by atoms with Gasteiger partial charge in [0, 0.05) is 12.6 Å². The van der Waals surface area contributed by atoms with Crippen LogP contribution in [0.4, 0.5) is 0 Å². The molecule has 64 valence electrons. The van der Waals surface area contributed by atoms with Crippen LogP contribution in [0.15, 0.2) is 24.3 Å². The van der Waals surface area contributed by atoms with Crippen molar-refractivity contribution in [3.8, 4) is 0 Å². The average molecular weight is 181 g/mol. The first kappa shape index (κ1) is 9.21. The van der Waals surface area contributed by atoms with Gasteiger partial charge in [0.2, 0.25) is 0 Å². The zero-order chi connectivity index (χ0) is 8.97. The number of rotatable bonds is 2. The summed E-state index contributed by atoms with van der Waals surface area (Å²) in [7, 11) is 4.28. The molecular formula is C9H12NOP. The third-order valence-electron chi connectivity index (χ3n) is 1.68. The van der Waals surface area contributed by atoms with Crippen molar-refractivity contribution in [3.05, 3.63) is 35.4 Å². The summed E-state index contributed by atoms with van der Waals surface area (Å²) >= 11 is 0. The number of nitrogens with one attached hydrogen (secondary N) is 1. The monoisotopic (exact) mass is 181 g/mol. The van der Waals surface area contributed by atoms with E-state index >= 15 is 0 Å². The predicted molar refractivity (Wildman–Crippen MR) is 53.2 cm³/mol. The molecule has 12 heavy (non-hydrogen) atoms. The van der Waals surface area contributed by atoms with E-state index in [4.69, 9.17) is 0 Å². The quantitative estimate of drug-likeness (QED) is 0.687. The molecule has 1 unspecified atom stereocenters. The average Bonchev–Trinajstić information content (AvgIpc) is 2.17. The summed E-state index contributed by atoms with van der Waals surface area (Å²) in [5.74, 6) is -0.0368. The van der Waals surface area contributed by atoms with Gasteiger partial charge in [0.1, 0.15) is 0 Å². The summed E-state index contributed by atoms with van der Waals surface area (Å²) in [6.07, 6.45) is 0.925. The van der Waals surface area contributed by atoms with Crippen molar-refractivity contribution >= 4 is 15.1 Å². The molecule has 0 heterocycles. The Labute approximate surface area is 74.6 Å². The van der Waals surface area contributed by atoms with Crippen LogP contribution >= 0.6 is 9.24 Å². The Morgan fingerprint density at radius 2 is 2.00 bits per heavy atom. The highest BCUT2D eigenvalue weighted by Crippen LogP contribution is 2.07. The molecule has 0 aliphatic heterocycles. The van der Waals surface area contributed by atoms with E-state index in [-0.39, 0.29) is 5.91 Å². The van der Waals surface area contributed by atoms with E-state index in [0.29, 0.717) is 5.56 Å². The first-order chi connectivity index (χ1) is 5.77. The molecule has 1 rings (SSSR count). The normalized spacial score (nSPS) is 9.50. The minimum Gasteiger partial charge on any atom is -0.355 e. The topological polar surface area (TPSA) is 29.1 Å². The van der Waals surface area contributed by atoms with Gasteiger partial charge in [-0.15, -0.1) is 9.24 Å². The van der Waals surface area contributed by atoms with Gasteiger partial charge in [0.05, 0.1) is 0 Å². The van der Waals surface area contributed by atoms with Crippen molar-refractivity contribution in [1.29, 1.82) is 0 Å². The fourth-order valence-corrected chi connectivity index (χ4v) is 1.21. The van der Waals surface area contributed by atoms with E-state index in [0.717, 1.165) is 6.16 Å². The summed E-state index contributed by atoms with van der Waals surface area (Å²) in [5.41, 5.74) is 1.92. The van der Waals surface area contributed by atoms with Crippen LogP contribution in [-0.4, -0.2) is 13.0 Å². The molecule has 0 aliphatic rings. The summed E-state index contributed by atoms with van der Waals surface area (Å²) in [6, 6.07) is 7.57. The van der Waals surface area contributed by atoms with Crippen molar-refractivity contribution in [2.45, 2.75) is 6.16 Å². The third kappa shape index (κ3) is 2.05. The SMILES string of the molecule is CNC(=O)c1ccc(CP)cc1. The lowest BCUT2D eigenvalue weighted by Crippen LogP contribution is -2.17. The Morgan fingerprint density at radius 3 is 2.42 bits per heavy atom. The van der Waals surface area contributed by atoms with Crippen LogP contribution in [0.3, 0.4) is 0 Å². The van der Waals surface area contributed by atoms with E-state index < -0.39 is 0 Å². The number of hydrogen-bond donors (Lipinski definition) is 1. The van der Waals surface area contributed by atoms with E-state index in [2.05, 4.69) is 14.6 Å². The highest BCUT2D eigenvalue weighted by atomic mass is 31.0. The van der Waals surface area contributed by atoms with Gasteiger partial charge in [-0.3, -0.25) is 4.79 Å². The van der Waals surface area contributed by atoms with Gasteiger partial charge in [0.25, 0.3) is 5.91 Å². The van der Waals surface area contributed by atoms with Crippen LogP contribution in [0.5, 0.6) is 0 Å². The van der Waals surface area contributed by atoms with Gasteiger partial charge in [-0.2, -0.15) is 0 Å². The van der Waals surface area contributed by atoms with Crippen LogP contribution < -0.4 is 5.32 Å². The summed E-state index contributed by atoms with van der Waals surface area (Å²) in [4.78, 5) is 11.1. The van der Waals surface area contributed by atoms with Gasteiger partial charge in [0.15, 0.2) is 0 Å². The smallest absolute Gasteiger partial charge is 0.251 e. The molecular weight excluding hydrogens is 169 g/mol. The Hall–Kier alpha value is -0.880. The Bertz CT molecular complexity index is 268. The second-order valence-corrected chi connectivity index (χ2v) is 2.89. The van der Waals surface area contributed by atoms with E-state index in [9.17, 15) is 4.79 Å². The zero-order valence-electron chi connectivity index (χ0n) is 7.00. The van der Waals surface area contributed by atoms with Gasteiger partial charge in [-0.1, -0.05) is 12.1 Å². The van der Waals surface area contributed by atoms with Gasteiger partial charge in [-0.05, 0) is 23.9 Å². The lowest BCUT2D eigenvalue weighted by Gasteiger charge is -2.00. The van der Waals surface area contributed by atoms with Crippen LogP contribution in [0.2, 0.25) is 0 Å². The molecule has 0 radical (unpaired) electrons. The van der Waals surface area contributed by atoms with Gasteiger partial charge >= 0.3 is 0 Å². The first-order valence-corrected chi connectivity index (χ1v) is 4.60. The largest absolute Gasteiger partial charge is 0.355 e. The highest BCUT2D eigenvalue weighted by molar-refractivity contribution is 7.15. The zero-order valence-corrected chi connectivity index (χ0v) is 8.16. The number of amides is 1. The van der Waals surface area contributed by atoms with Crippen molar-refractivity contribution in [1.82, 2.24) is 5.32 Å². The van der Waals surface area contributed by atoms with Crippen molar-refractivity contribution < 1.29 is 4.79 Å². The molecule has 0 bridgehead atoms. The summed E-state index contributed by atoms with van der Waals surface area (Å²) < 4.78 is 0. The number of carbonyl (C=O) groups excluding carboxylic acids is 1. The van der Waals surface area contributed by atoms with Crippen LogP contribution in [0.1, 0.15) is 15.9 Å². The maximum atomic E-state index is 11.1. The second-order valence-electron chi connectivity index (χ2n) is 2.48. The third-order valence-corrected chi connectivity index (χ3v) is 2.15. The van der Waals surface area contributed by atoms with Crippen molar-refractivity contribution in [3.63, 3.8) is 0 Å². The van der Waals surface area contributed by atoms with Crippen LogP contribution in [0, 0.1) is 0 Å².